The third-order valence-corrected chi connectivity index (χ3v) is 3.93. The summed E-state index contributed by atoms with van der Waals surface area (Å²) in [5, 5.41) is 3.20. The first-order valence-electron chi connectivity index (χ1n) is 6.66. The van der Waals surface area contributed by atoms with Gasteiger partial charge in [0, 0.05) is 0 Å². The lowest BCUT2D eigenvalue weighted by Crippen LogP contribution is -2.31. The predicted octanol–water partition coefficient (Wildman–Crippen LogP) is 3.12. The smallest absolute Gasteiger partial charge is 0.212 e. The minimum absolute atomic E-state index is 0.173. The van der Waals surface area contributed by atoms with Crippen LogP contribution in [0, 0.1) is 5.82 Å². The van der Waals surface area contributed by atoms with Crippen LogP contribution in [0.1, 0.15) is 11.7 Å². The zero-order valence-electron chi connectivity index (χ0n) is 11.3. The molecule has 0 saturated heterocycles. The molecule has 7 heteroatoms. The van der Waals surface area contributed by atoms with Crippen LogP contribution in [0.2, 0.25) is 5.02 Å². The van der Waals surface area contributed by atoms with Crippen LogP contribution in [0.15, 0.2) is 47.5 Å². The molecule has 0 amide bonds. The fourth-order valence-corrected chi connectivity index (χ4v) is 2.93. The molecule has 22 heavy (non-hydrogen) atoms. The molecule has 0 fully saturated rings. The number of guanidine groups is 1. The fourth-order valence-electron chi connectivity index (χ4n) is 2.67. The summed E-state index contributed by atoms with van der Waals surface area (Å²) in [4.78, 5) is 8.78. The summed E-state index contributed by atoms with van der Waals surface area (Å²) in [6, 6.07) is 12.1. The van der Waals surface area contributed by atoms with Crippen LogP contribution in [-0.4, -0.2) is 15.5 Å². The van der Waals surface area contributed by atoms with E-state index in [1.807, 2.05) is 24.3 Å². The average molecular weight is 316 g/mol. The molecule has 0 spiro atoms. The number of benzene rings is 2. The highest BCUT2D eigenvalue weighted by atomic mass is 35.5. The van der Waals surface area contributed by atoms with Crippen LogP contribution in [-0.2, 0) is 0 Å². The van der Waals surface area contributed by atoms with E-state index in [1.165, 1.54) is 6.07 Å². The number of nitrogens with one attached hydrogen (secondary N) is 1. The summed E-state index contributed by atoms with van der Waals surface area (Å²) in [5.41, 5.74) is 7.69. The predicted molar refractivity (Wildman–Crippen MR) is 84.5 cm³/mol. The van der Waals surface area contributed by atoms with Gasteiger partial charge in [0.1, 0.15) is 5.82 Å². The molecule has 1 aliphatic heterocycles. The highest BCUT2D eigenvalue weighted by Crippen LogP contribution is 2.36. The van der Waals surface area contributed by atoms with Gasteiger partial charge in [-0.15, -0.1) is 0 Å². The van der Waals surface area contributed by atoms with Crippen LogP contribution in [0.3, 0.4) is 0 Å². The Hall–Kier alpha value is -2.60. The zero-order chi connectivity index (χ0) is 15.3. The second-order valence-electron chi connectivity index (χ2n) is 4.94. The lowest BCUT2D eigenvalue weighted by molar-refractivity contribution is 0.551. The molecule has 0 aliphatic carbocycles. The number of hydrogen-bond acceptors (Lipinski definition) is 4. The molecule has 3 aromatic rings. The van der Waals surface area contributed by atoms with E-state index < -0.39 is 12.0 Å². The monoisotopic (exact) mass is 315 g/mol. The van der Waals surface area contributed by atoms with E-state index in [0.717, 1.165) is 11.0 Å². The van der Waals surface area contributed by atoms with Gasteiger partial charge in [-0.05, 0) is 24.3 Å². The summed E-state index contributed by atoms with van der Waals surface area (Å²) in [6.07, 6.45) is -0.697. The second kappa shape index (κ2) is 4.71. The summed E-state index contributed by atoms with van der Waals surface area (Å²) in [5.74, 6) is 0.254. The maximum atomic E-state index is 14.3. The van der Waals surface area contributed by atoms with Gasteiger partial charge in [0.2, 0.25) is 5.95 Å². The molecule has 0 radical (unpaired) electrons. The minimum Gasteiger partial charge on any atom is -0.370 e. The number of rotatable bonds is 1. The number of fused-ring (bicyclic) bond motifs is 3. The Bertz CT molecular complexity index is 897. The molecule has 110 valence electrons. The quantitative estimate of drug-likeness (QED) is 0.725. The SMILES string of the molecule is NC1=N[C@@H](c2c(F)cccc2Cl)n2c(nc3ccccc32)N1. The molecule has 0 saturated carbocycles. The molecule has 2 aromatic carbocycles. The maximum absolute atomic E-state index is 14.3. The highest BCUT2D eigenvalue weighted by Gasteiger charge is 2.28. The van der Waals surface area contributed by atoms with E-state index in [1.54, 1.807) is 16.7 Å². The van der Waals surface area contributed by atoms with Crippen LogP contribution in [0.4, 0.5) is 10.3 Å². The molecule has 1 aliphatic rings. The topological polar surface area (TPSA) is 68.2 Å². The van der Waals surface area contributed by atoms with Crippen molar-refractivity contribution < 1.29 is 4.39 Å². The normalized spacial score (nSPS) is 17.0. The Morgan fingerprint density at radius 3 is 2.82 bits per heavy atom. The van der Waals surface area contributed by atoms with Crippen LogP contribution in [0.25, 0.3) is 11.0 Å². The number of aromatic nitrogens is 2. The molecule has 3 N–H and O–H groups in total. The lowest BCUT2D eigenvalue weighted by Gasteiger charge is -2.24. The molecule has 2 heterocycles. The van der Waals surface area contributed by atoms with E-state index in [0.29, 0.717) is 11.0 Å². The number of anilines is 1. The third-order valence-electron chi connectivity index (χ3n) is 3.60. The first kappa shape index (κ1) is 13.1. The number of halogens is 2. The largest absolute Gasteiger partial charge is 0.370 e. The second-order valence-corrected chi connectivity index (χ2v) is 5.35. The van der Waals surface area contributed by atoms with E-state index in [2.05, 4.69) is 15.3 Å². The standard InChI is InChI=1S/C15H11ClFN5/c16-8-4-3-5-9(17)12(8)13-20-14(18)21-15-19-10-6-1-2-7-11(10)22(13)15/h1-7,13H,(H3,18,19,20,21)/t13-/m1/s1. The fraction of sp³-hybridized carbons (Fsp3) is 0.0667. The molecule has 1 aromatic heterocycles. The minimum atomic E-state index is -0.697. The van der Waals surface area contributed by atoms with Crippen LogP contribution in [0.5, 0.6) is 0 Å². The zero-order valence-corrected chi connectivity index (χ0v) is 12.0. The maximum Gasteiger partial charge on any atom is 0.212 e. The van der Waals surface area contributed by atoms with Crippen molar-refractivity contribution in [3.05, 3.63) is 58.9 Å². The molecule has 0 bridgehead atoms. The number of nitrogens with zero attached hydrogens (tertiary/aromatic N) is 3. The van der Waals surface area contributed by atoms with Gasteiger partial charge < -0.3 is 5.73 Å². The van der Waals surface area contributed by atoms with Crippen molar-refractivity contribution in [1.29, 1.82) is 0 Å². The first-order valence-corrected chi connectivity index (χ1v) is 7.04. The van der Waals surface area contributed by atoms with Crippen molar-refractivity contribution >= 4 is 34.5 Å². The average Bonchev–Trinajstić information content (AvgIpc) is 2.84. The van der Waals surface area contributed by atoms with Crippen LogP contribution >= 0.6 is 11.6 Å². The number of nitrogens with two attached hydrogens (primary N) is 1. The van der Waals surface area contributed by atoms with Gasteiger partial charge in [-0.2, -0.15) is 0 Å². The lowest BCUT2D eigenvalue weighted by atomic mass is 10.1. The van der Waals surface area contributed by atoms with Crippen molar-refractivity contribution in [1.82, 2.24) is 9.55 Å². The molecule has 5 nitrogen and oxygen atoms in total. The summed E-state index contributed by atoms with van der Waals surface area (Å²) >= 11 is 6.19. The number of para-hydroxylation sites is 2. The van der Waals surface area contributed by atoms with Crippen molar-refractivity contribution in [2.75, 3.05) is 5.32 Å². The van der Waals surface area contributed by atoms with Gasteiger partial charge in [0.05, 0.1) is 21.6 Å². The number of hydrogen-bond donors (Lipinski definition) is 2. The molecule has 0 unspecified atom stereocenters. The van der Waals surface area contributed by atoms with Crippen molar-refractivity contribution in [3.63, 3.8) is 0 Å². The molecule has 1 atom stereocenters. The Labute approximate surface area is 130 Å². The summed E-state index contributed by atoms with van der Waals surface area (Å²) < 4.78 is 16.1. The molecular formula is C15H11ClFN5. The Balaban J connectivity index is 2.03. The van der Waals surface area contributed by atoms with Gasteiger partial charge in [-0.1, -0.05) is 29.8 Å². The molecular weight excluding hydrogens is 305 g/mol. The van der Waals surface area contributed by atoms with E-state index >= 15 is 0 Å². The van der Waals surface area contributed by atoms with Gasteiger partial charge in [-0.3, -0.25) is 9.88 Å². The first-order chi connectivity index (χ1) is 10.6. The highest BCUT2D eigenvalue weighted by molar-refractivity contribution is 6.31. The van der Waals surface area contributed by atoms with Crippen molar-refractivity contribution in [2.45, 2.75) is 6.17 Å². The van der Waals surface area contributed by atoms with E-state index in [-0.39, 0.29) is 11.5 Å². The van der Waals surface area contributed by atoms with E-state index in [4.69, 9.17) is 17.3 Å². The Kier molecular flexibility index (Phi) is 2.80. The van der Waals surface area contributed by atoms with Gasteiger partial charge in [0.15, 0.2) is 12.1 Å². The number of aliphatic imine (C=N–C) groups is 1. The molecule has 4 rings (SSSR count). The third kappa shape index (κ3) is 1.84. The summed E-state index contributed by atoms with van der Waals surface area (Å²) in [6.45, 7) is 0. The van der Waals surface area contributed by atoms with Gasteiger partial charge in [-0.25, -0.2) is 14.4 Å². The Morgan fingerprint density at radius 2 is 2.00 bits per heavy atom. The number of imidazole rings is 1. The van der Waals surface area contributed by atoms with Crippen LogP contribution < -0.4 is 11.1 Å². The van der Waals surface area contributed by atoms with Crippen molar-refractivity contribution in [2.24, 2.45) is 10.7 Å². The Morgan fingerprint density at radius 1 is 1.18 bits per heavy atom. The van der Waals surface area contributed by atoms with Crippen molar-refractivity contribution in [3.8, 4) is 0 Å². The van der Waals surface area contributed by atoms with Gasteiger partial charge >= 0.3 is 0 Å². The van der Waals surface area contributed by atoms with E-state index in [9.17, 15) is 4.39 Å². The van der Waals surface area contributed by atoms with Gasteiger partial charge in [0.25, 0.3) is 0 Å². The summed E-state index contributed by atoms with van der Waals surface area (Å²) in [7, 11) is 0.